The number of nitrogens with one attached hydrogen (secondary N) is 1. The average Bonchev–Trinajstić information content (AvgIpc) is 3.05. The molecule has 1 saturated heterocycles. The third kappa shape index (κ3) is 3.83. The van der Waals surface area contributed by atoms with Gasteiger partial charge >= 0.3 is 0 Å². The van der Waals surface area contributed by atoms with E-state index >= 15 is 0 Å². The third-order valence-electron chi connectivity index (χ3n) is 4.98. The van der Waals surface area contributed by atoms with Gasteiger partial charge in [-0.25, -0.2) is 0 Å². The average molecular weight is 364 g/mol. The van der Waals surface area contributed by atoms with Gasteiger partial charge in [0.1, 0.15) is 12.4 Å². The van der Waals surface area contributed by atoms with Gasteiger partial charge in [0.2, 0.25) is 0 Å². The Bertz CT molecular complexity index is 942. The second-order valence-electron chi connectivity index (χ2n) is 6.92. The van der Waals surface area contributed by atoms with Gasteiger partial charge in [-0.15, -0.1) is 0 Å². The van der Waals surface area contributed by atoms with Crippen molar-refractivity contribution in [2.45, 2.75) is 25.4 Å². The fraction of sp³-hybridized carbons (Fsp3) is 0.318. The number of carbonyl (C=O) groups excluding carboxylic acids is 1. The Hall–Kier alpha value is -2.79. The standard InChI is InChI=1S/C22H24N2O3/c1-24-14-18(17-9-2-4-11-20(17)24)22(25)23-19-10-3-5-12-21(19)27-15-16-8-6-7-13-26-16/h2-5,9-12,14,16H,6-8,13,15H2,1H3,(H,23,25)/t16-/m0/s1. The topological polar surface area (TPSA) is 52.5 Å². The Morgan fingerprint density at radius 2 is 2.00 bits per heavy atom. The van der Waals surface area contributed by atoms with Crippen molar-refractivity contribution in [2.24, 2.45) is 7.05 Å². The molecule has 1 aliphatic heterocycles. The summed E-state index contributed by atoms with van der Waals surface area (Å²) in [6.45, 7) is 1.30. The van der Waals surface area contributed by atoms with E-state index in [1.54, 1.807) is 0 Å². The van der Waals surface area contributed by atoms with Gasteiger partial charge in [-0.3, -0.25) is 4.79 Å². The molecule has 1 aromatic heterocycles. The summed E-state index contributed by atoms with van der Waals surface area (Å²) in [5.41, 5.74) is 2.35. The molecular formula is C22H24N2O3. The Morgan fingerprint density at radius 1 is 1.19 bits per heavy atom. The smallest absolute Gasteiger partial charge is 0.257 e. The molecule has 4 rings (SSSR count). The zero-order valence-corrected chi connectivity index (χ0v) is 15.5. The Balaban J connectivity index is 1.51. The Labute approximate surface area is 158 Å². The first-order valence-corrected chi connectivity index (χ1v) is 9.41. The molecule has 2 heterocycles. The lowest BCUT2D eigenvalue weighted by Crippen LogP contribution is -2.26. The van der Waals surface area contributed by atoms with Crippen LogP contribution in [0.2, 0.25) is 0 Å². The van der Waals surface area contributed by atoms with E-state index < -0.39 is 0 Å². The molecule has 0 saturated carbocycles. The predicted octanol–water partition coefficient (Wildman–Crippen LogP) is 4.38. The number of aromatic nitrogens is 1. The summed E-state index contributed by atoms with van der Waals surface area (Å²) in [4.78, 5) is 12.9. The van der Waals surface area contributed by atoms with Crippen LogP contribution in [0, 0.1) is 0 Å². The lowest BCUT2D eigenvalue weighted by molar-refractivity contribution is -0.0109. The van der Waals surface area contributed by atoms with Gasteiger partial charge in [0.15, 0.2) is 0 Å². The second-order valence-corrected chi connectivity index (χ2v) is 6.92. The van der Waals surface area contributed by atoms with Crippen LogP contribution in [0.1, 0.15) is 29.6 Å². The molecule has 0 unspecified atom stereocenters. The van der Waals surface area contributed by atoms with Crippen molar-refractivity contribution in [3.63, 3.8) is 0 Å². The summed E-state index contributed by atoms with van der Waals surface area (Å²) >= 11 is 0. The summed E-state index contributed by atoms with van der Waals surface area (Å²) in [5.74, 6) is 0.525. The van der Waals surface area contributed by atoms with Crippen molar-refractivity contribution in [3.8, 4) is 5.75 Å². The summed E-state index contributed by atoms with van der Waals surface area (Å²) in [6, 6.07) is 15.4. The number of hydrogen-bond donors (Lipinski definition) is 1. The van der Waals surface area contributed by atoms with E-state index in [2.05, 4.69) is 5.32 Å². The third-order valence-corrected chi connectivity index (χ3v) is 4.98. The molecule has 1 atom stereocenters. The van der Waals surface area contributed by atoms with E-state index in [-0.39, 0.29) is 12.0 Å². The molecule has 27 heavy (non-hydrogen) atoms. The molecule has 0 spiro atoms. The number of hydrogen-bond acceptors (Lipinski definition) is 3. The number of rotatable bonds is 5. The number of anilines is 1. The van der Waals surface area contributed by atoms with Gasteiger partial charge in [-0.05, 0) is 37.5 Å². The number of benzene rings is 2. The first kappa shape index (κ1) is 17.6. The number of ether oxygens (including phenoxy) is 2. The van der Waals surface area contributed by atoms with Crippen molar-refractivity contribution in [3.05, 3.63) is 60.3 Å². The SMILES string of the molecule is Cn1cc(C(=O)Nc2ccccc2OC[C@@H]2CCCCO2)c2ccccc21. The van der Waals surface area contributed by atoms with Crippen molar-refractivity contribution < 1.29 is 14.3 Å². The highest BCUT2D eigenvalue weighted by atomic mass is 16.5. The molecule has 0 radical (unpaired) electrons. The van der Waals surface area contributed by atoms with Crippen molar-refractivity contribution in [1.82, 2.24) is 4.57 Å². The number of nitrogens with zero attached hydrogens (tertiary/aromatic N) is 1. The van der Waals surface area contributed by atoms with Crippen LogP contribution >= 0.6 is 0 Å². The van der Waals surface area contributed by atoms with Gasteiger partial charge in [0.25, 0.3) is 5.91 Å². The van der Waals surface area contributed by atoms with E-state index in [1.807, 2.05) is 66.3 Å². The largest absolute Gasteiger partial charge is 0.489 e. The molecule has 3 aromatic rings. The van der Waals surface area contributed by atoms with Crippen LogP contribution in [-0.2, 0) is 11.8 Å². The summed E-state index contributed by atoms with van der Waals surface area (Å²) in [6.07, 6.45) is 5.30. The first-order chi connectivity index (χ1) is 13.2. The van der Waals surface area contributed by atoms with Gasteiger partial charge < -0.3 is 19.4 Å². The lowest BCUT2D eigenvalue weighted by atomic mass is 10.1. The van der Waals surface area contributed by atoms with Gasteiger partial charge in [-0.2, -0.15) is 0 Å². The van der Waals surface area contributed by atoms with E-state index in [1.165, 1.54) is 6.42 Å². The normalized spacial score (nSPS) is 17.0. The summed E-state index contributed by atoms with van der Waals surface area (Å²) in [7, 11) is 1.94. The molecule has 5 heteroatoms. The fourth-order valence-electron chi connectivity index (χ4n) is 3.53. The zero-order chi connectivity index (χ0) is 18.6. The summed E-state index contributed by atoms with van der Waals surface area (Å²) in [5, 5.41) is 3.94. The van der Waals surface area contributed by atoms with Crippen LogP contribution in [0.15, 0.2) is 54.7 Å². The predicted molar refractivity (Wildman–Crippen MR) is 106 cm³/mol. The molecule has 1 aliphatic rings. The highest BCUT2D eigenvalue weighted by Gasteiger charge is 2.17. The molecule has 5 nitrogen and oxygen atoms in total. The van der Waals surface area contributed by atoms with Crippen molar-refractivity contribution in [2.75, 3.05) is 18.5 Å². The van der Waals surface area contributed by atoms with Crippen molar-refractivity contribution >= 4 is 22.5 Å². The van der Waals surface area contributed by atoms with E-state index in [9.17, 15) is 4.79 Å². The quantitative estimate of drug-likeness (QED) is 0.731. The fourth-order valence-corrected chi connectivity index (χ4v) is 3.53. The maximum Gasteiger partial charge on any atom is 0.257 e. The van der Waals surface area contributed by atoms with E-state index in [4.69, 9.17) is 9.47 Å². The monoisotopic (exact) mass is 364 g/mol. The number of para-hydroxylation sites is 3. The Kier molecular flexibility index (Phi) is 5.12. The minimum atomic E-state index is -0.142. The maximum atomic E-state index is 12.9. The lowest BCUT2D eigenvalue weighted by Gasteiger charge is -2.23. The van der Waals surface area contributed by atoms with Crippen LogP contribution in [0.25, 0.3) is 10.9 Å². The van der Waals surface area contributed by atoms with Gasteiger partial charge in [0, 0.05) is 30.8 Å². The highest BCUT2D eigenvalue weighted by Crippen LogP contribution is 2.27. The minimum absolute atomic E-state index is 0.126. The molecule has 1 N–H and O–H groups in total. The van der Waals surface area contributed by atoms with Crippen LogP contribution in [0.5, 0.6) is 5.75 Å². The van der Waals surface area contributed by atoms with E-state index in [0.29, 0.717) is 23.6 Å². The molecule has 1 amide bonds. The molecule has 0 aliphatic carbocycles. The number of amides is 1. The van der Waals surface area contributed by atoms with Crippen LogP contribution in [-0.4, -0.2) is 29.8 Å². The minimum Gasteiger partial charge on any atom is -0.489 e. The zero-order valence-electron chi connectivity index (χ0n) is 15.5. The molecule has 2 aromatic carbocycles. The molecular weight excluding hydrogens is 340 g/mol. The van der Waals surface area contributed by atoms with Crippen LogP contribution in [0.4, 0.5) is 5.69 Å². The molecule has 140 valence electrons. The van der Waals surface area contributed by atoms with Gasteiger partial charge in [-0.1, -0.05) is 30.3 Å². The number of aryl methyl sites for hydroxylation is 1. The maximum absolute atomic E-state index is 12.9. The molecule has 1 fully saturated rings. The van der Waals surface area contributed by atoms with E-state index in [0.717, 1.165) is 30.4 Å². The first-order valence-electron chi connectivity index (χ1n) is 9.41. The number of carbonyl (C=O) groups is 1. The highest BCUT2D eigenvalue weighted by molar-refractivity contribution is 6.13. The van der Waals surface area contributed by atoms with Crippen LogP contribution < -0.4 is 10.1 Å². The Morgan fingerprint density at radius 3 is 2.85 bits per heavy atom. The van der Waals surface area contributed by atoms with Crippen molar-refractivity contribution in [1.29, 1.82) is 0 Å². The number of fused-ring (bicyclic) bond motifs is 1. The van der Waals surface area contributed by atoms with Crippen LogP contribution in [0.3, 0.4) is 0 Å². The second kappa shape index (κ2) is 7.84. The molecule has 0 bridgehead atoms. The summed E-state index contributed by atoms with van der Waals surface area (Å²) < 4.78 is 13.7. The van der Waals surface area contributed by atoms with Gasteiger partial charge in [0.05, 0.1) is 17.4 Å².